The fraction of sp³-hybridized carbons (Fsp3) is 0.889. The van der Waals surface area contributed by atoms with Gasteiger partial charge in [0.15, 0.2) is 0 Å². The van der Waals surface area contributed by atoms with Crippen LogP contribution in [0.25, 0.3) is 0 Å². The average molecular weight is 295 g/mol. The highest BCUT2D eigenvalue weighted by Crippen LogP contribution is 2.42. The van der Waals surface area contributed by atoms with Gasteiger partial charge in [-0.2, -0.15) is 0 Å². The molecule has 21 heavy (non-hydrogen) atoms. The van der Waals surface area contributed by atoms with Crippen molar-refractivity contribution in [1.82, 2.24) is 5.32 Å². The van der Waals surface area contributed by atoms with Crippen molar-refractivity contribution in [2.45, 2.75) is 58.5 Å². The minimum Gasteiger partial charge on any atom is -0.389 e. The number of nitrogens with one attached hydrogen (secondary N) is 1. The van der Waals surface area contributed by atoms with Crippen molar-refractivity contribution in [3.63, 3.8) is 0 Å². The number of allylic oxidation sites excluding steroid dienone is 2. The standard InChI is InChI=1S/C18H33NO2/c1-3-18(9-6-10-18)14-19-11-17(20)13-21-12-16-8-5-4-7-15(16)2/h4-5,15-17,19-20H,3,6-14H2,1-2H3. The third-order valence-corrected chi connectivity index (χ3v) is 5.60. The molecule has 0 aliphatic heterocycles. The van der Waals surface area contributed by atoms with E-state index in [1.807, 2.05) is 0 Å². The molecule has 0 aromatic rings. The summed E-state index contributed by atoms with van der Waals surface area (Å²) in [6, 6.07) is 0. The van der Waals surface area contributed by atoms with Crippen LogP contribution < -0.4 is 5.32 Å². The van der Waals surface area contributed by atoms with Gasteiger partial charge in [0.25, 0.3) is 0 Å². The molecule has 2 N–H and O–H groups in total. The van der Waals surface area contributed by atoms with Crippen LogP contribution in [0.15, 0.2) is 12.2 Å². The van der Waals surface area contributed by atoms with Crippen LogP contribution in [0.1, 0.15) is 52.4 Å². The lowest BCUT2D eigenvalue weighted by molar-refractivity contribution is 0.0104. The predicted molar refractivity (Wildman–Crippen MR) is 87.3 cm³/mol. The highest BCUT2D eigenvalue weighted by molar-refractivity contribution is 4.93. The van der Waals surface area contributed by atoms with Gasteiger partial charge in [-0.1, -0.05) is 32.4 Å². The van der Waals surface area contributed by atoms with E-state index in [1.165, 1.54) is 25.7 Å². The van der Waals surface area contributed by atoms with Crippen LogP contribution in [0.5, 0.6) is 0 Å². The Morgan fingerprint density at radius 2 is 2.10 bits per heavy atom. The molecule has 3 nitrogen and oxygen atoms in total. The van der Waals surface area contributed by atoms with E-state index in [9.17, 15) is 5.11 Å². The lowest BCUT2D eigenvalue weighted by atomic mass is 9.67. The smallest absolute Gasteiger partial charge is 0.0897 e. The Bertz CT molecular complexity index is 320. The zero-order valence-electron chi connectivity index (χ0n) is 13.8. The van der Waals surface area contributed by atoms with Crippen LogP contribution in [0, 0.1) is 17.3 Å². The number of aliphatic hydroxyl groups excluding tert-OH is 1. The lowest BCUT2D eigenvalue weighted by Gasteiger charge is -2.41. The van der Waals surface area contributed by atoms with Crippen molar-refractivity contribution in [2.24, 2.45) is 17.3 Å². The molecule has 0 amide bonds. The Morgan fingerprint density at radius 1 is 1.33 bits per heavy atom. The zero-order chi connectivity index (χ0) is 15.1. The summed E-state index contributed by atoms with van der Waals surface area (Å²) < 4.78 is 5.73. The summed E-state index contributed by atoms with van der Waals surface area (Å²) in [5, 5.41) is 13.4. The van der Waals surface area contributed by atoms with E-state index in [0.717, 1.165) is 26.0 Å². The Hall–Kier alpha value is -0.380. The van der Waals surface area contributed by atoms with E-state index < -0.39 is 0 Å². The van der Waals surface area contributed by atoms with E-state index in [0.29, 0.717) is 30.4 Å². The maximum atomic E-state index is 10.0. The molecule has 1 saturated carbocycles. The second kappa shape index (κ2) is 8.30. The minimum atomic E-state index is -0.381. The van der Waals surface area contributed by atoms with Crippen molar-refractivity contribution in [1.29, 1.82) is 0 Å². The fourth-order valence-corrected chi connectivity index (χ4v) is 3.49. The number of ether oxygens (including phenoxy) is 1. The molecule has 0 saturated heterocycles. The highest BCUT2D eigenvalue weighted by Gasteiger charge is 2.34. The van der Waals surface area contributed by atoms with Crippen molar-refractivity contribution < 1.29 is 9.84 Å². The van der Waals surface area contributed by atoms with Crippen LogP contribution in [-0.2, 0) is 4.74 Å². The van der Waals surface area contributed by atoms with Crippen LogP contribution >= 0.6 is 0 Å². The van der Waals surface area contributed by atoms with Crippen LogP contribution in [0.4, 0.5) is 0 Å². The highest BCUT2D eigenvalue weighted by atomic mass is 16.5. The summed E-state index contributed by atoms with van der Waals surface area (Å²) in [7, 11) is 0. The molecule has 0 radical (unpaired) electrons. The van der Waals surface area contributed by atoms with Gasteiger partial charge in [0.2, 0.25) is 0 Å². The monoisotopic (exact) mass is 295 g/mol. The Balaban J connectivity index is 1.53. The van der Waals surface area contributed by atoms with Crippen molar-refractivity contribution in [3.05, 3.63) is 12.2 Å². The van der Waals surface area contributed by atoms with Crippen LogP contribution in [0.2, 0.25) is 0 Å². The fourth-order valence-electron chi connectivity index (χ4n) is 3.49. The molecule has 122 valence electrons. The molecule has 0 spiro atoms. The maximum absolute atomic E-state index is 10.0. The van der Waals surface area contributed by atoms with E-state index in [1.54, 1.807) is 0 Å². The molecule has 3 unspecified atom stereocenters. The predicted octanol–water partition coefficient (Wildman–Crippen LogP) is 3.14. The first-order valence-electron chi connectivity index (χ1n) is 8.77. The van der Waals surface area contributed by atoms with E-state index in [-0.39, 0.29) is 6.10 Å². The van der Waals surface area contributed by atoms with Crippen molar-refractivity contribution >= 4 is 0 Å². The van der Waals surface area contributed by atoms with Gasteiger partial charge in [0.05, 0.1) is 19.3 Å². The Labute approximate surface area is 130 Å². The summed E-state index contributed by atoms with van der Waals surface area (Å²) >= 11 is 0. The van der Waals surface area contributed by atoms with E-state index >= 15 is 0 Å². The summed E-state index contributed by atoms with van der Waals surface area (Å²) in [6.45, 7) is 7.51. The first kappa shape index (κ1) is 17.0. The SMILES string of the molecule is CCC1(CNCC(O)COCC2CC=CCC2C)CCC1. The third kappa shape index (κ3) is 5.08. The van der Waals surface area contributed by atoms with Gasteiger partial charge < -0.3 is 15.2 Å². The van der Waals surface area contributed by atoms with Crippen LogP contribution in [0.3, 0.4) is 0 Å². The molecule has 1 fully saturated rings. The molecule has 0 aromatic carbocycles. The molecule has 0 heterocycles. The van der Waals surface area contributed by atoms with E-state index in [4.69, 9.17) is 4.74 Å². The second-order valence-corrected chi connectivity index (χ2v) is 7.21. The molecule has 2 aliphatic rings. The van der Waals surface area contributed by atoms with Crippen molar-refractivity contribution in [2.75, 3.05) is 26.3 Å². The topological polar surface area (TPSA) is 41.5 Å². The Morgan fingerprint density at radius 3 is 2.71 bits per heavy atom. The van der Waals surface area contributed by atoms with Gasteiger partial charge >= 0.3 is 0 Å². The molecule has 2 aliphatic carbocycles. The Kier molecular flexibility index (Phi) is 6.72. The largest absolute Gasteiger partial charge is 0.389 e. The van der Waals surface area contributed by atoms with Gasteiger partial charge in [-0.15, -0.1) is 0 Å². The quantitative estimate of drug-likeness (QED) is 0.642. The first-order chi connectivity index (χ1) is 10.2. The average Bonchev–Trinajstić information content (AvgIpc) is 2.44. The van der Waals surface area contributed by atoms with Gasteiger partial charge in [-0.25, -0.2) is 0 Å². The number of aliphatic hydroxyl groups is 1. The lowest BCUT2D eigenvalue weighted by Crippen LogP contribution is -2.42. The maximum Gasteiger partial charge on any atom is 0.0897 e. The van der Waals surface area contributed by atoms with Crippen LogP contribution in [-0.4, -0.2) is 37.5 Å². The number of hydrogen-bond donors (Lipinski definition) is 2. The summed E-state index contributed by atoms with van der Waals surface area (Å²) in [4.78, 5) is 0. The third-order valence-electron chi connectivity index (χ3n) is 5.60. The zero-order valence-corrected chi connectivity index (χ0v) is 13.8. The second-order valence-electron chi connectivity index (χ2n) is 7.21. The molecule has 2 rings (SSSR count). The molecule has 0 aromatic heterocycles. The van der Waals surface area contributed by atoms with E-state index in [2.05, 4.69) is 31.3 Å². The number of hydrogen-bond acceptors (Lipinski definition) is 3. The molecular formula is C18H33NO2. The summed E-state index contributed by atoms with van der Waals surface area (Å²) in [5.41, 5.74) is 0.518. The summed E-state index contributed by atoms with van der Waals surface area (Å²) in [6.07, 6.45) is 11.7. The van der Waals surface area contributed by atoms with Gasteiger partial charge in [0.1, 0.15) is 0 Å². The molecule has 3 heteroatoms. The van der Waals surface area contributed by atoms with Gasteiger partial charge in [-0.3, -0.25) is 0 Å². The number of rotatable bonds is 9. The van der Waals surface area contributed by atoms with Gasteiger partial charge in [0, 0.05) is 13.1 Å². The molecular weight excluding hydrogens is 262 g/mol. The normalized spacial score (nSPS) is 29.1. The minimum absolute atomic E-state index is 0.381. The first-order valence-corrected chi connectivity index (χ1v) is 8.77. The molecule has 0 bridgehead atoms. The molecule has 3 atom stereocenters. The van der Waals surface area contributed by atoms with Gasteiger partial charge in [-0.05, 0) is 49.4 Å². The summed E-state index contributed by atoms with van der Waals surface area (Å²) in [5.74, 6) is 1.32. The van der Waals surface area contributed by atoms with Crippen molar-refractivity contribution in [3.8, 4) is 0 Å².